The molecule has 1 saturated heterocycles. The van der Waals surface area contributed by atoms with Gasteiger partial charge in [-0.05, 0) is 12.1 Å². The zero-order valence-electron chi connectivity index (χ0n) is 14.4. The predicted molar refractivity (Wildman–Crippen MR) is 93.1 cm³/mol. The van der Waals surface area contributed by atoms with Crippen LogP contribution in [0.1, 0.15) is 37.0 Å². The van der Waals surface area contributed by atoms with E-state index in [0.717, 1.165) is 23.1 Å². The molecule has 0 aliphatic carbocycles. The smallest absolute Gasteiger partial charge is 0.256 e. The van der Waals surface area contributed by atoms with Gasteiger partial charge in [0.2, 0.25) is 5.13 Å². The van der Waals surface area contributed by atoms with Crippen molar-refractivity contribution in [1.82, 2.24) is 14.3 Å². The molecule has 0 atom stereocenters. The number of carbonyl (C=O) groups excluding carboxylic acids is 1. The topological polar surface area (TPSA) is 49.3 Å². The van der Waals surface area contributed by atoms with E-state index in [1.165, 1.54) is 17.6 Å². The van der Waals surface area contributed by atoms with Crippen molar-refractivity contribution in [1.29, 1.82) is 0 Å². The fourth-order valence-electron chi connectivity index (χ4n) is 2.58. The van der Waals surface area contributed by atoms with Crippen LogP contribution in [0.5, 0.6) is 0 Å². The number of hydrogen-bond donors (Lipinski definition) is 0. The van der Waals surface area contributed by atoms with Gasteiger partial charge in [0.15, 0.2) is 0 Å². The normalized spacial score (nSPS) is 15.6. The van der Waals surface area contributed by atoms with Crippen molar-refractivity contribution in [2.24, 2.45) is 0 Å². The van der Waals surface area contributed by atoms with E-state index in [1.807, 2.05) is 0 Å². The Morgan fingerprint density at radius 2 is 1.84 bits per heavy atom. The van der Waals surface area contributed by atoms with Gasteiger partial charge >= 0.3 is 0 Å². The molecular weight excluding hydrogens is 346 g/mol. The molecule has 1 fully saturated rings. The molecule has 5 nitrogen and oxygen atoms in total. The molecule has 134 valence electrons. The molecule has 8 heteroatoms. The van der Waals surface area contributed by atoms with Gasteiger partial charge in [-0.25, -0.2) is 13.8 Å². The second kappa shape index (κ2) is 6.67. The molecule has 1 amide bonds. The molecule has 1 aromatic carbocycles. The number of hydrogen-bond acceptors (Lipinski definition) is 5. The number of nitrogens with zero attached hydrogens (tertiary/aromatic N) is 4. The van der Waals surface area contributed by atoms with Crippen LogP contribution in [-0.2, 0) is 5.41 Å². The summed E-state index contributed by atoms with van der Waals surface area (Å²) < 4.78 is 31.2. The molecular formula is C17H20F2N4OS. The molecule has 0 saturated carbocycles. The number of piperazine rings is 1. The lowest BCUT2D eigenvalue weighted by molar-refractivity contribution is 0.0742. The van der Waals surface area contributed by atoms with Crippen molar-refractivity contribution in [2.45, 2.75) is 26.2 Å². The summed E-state index contributed by atoms with van der Waals surface area (Å²) in [6.07, 6.45) is 0. The molecule has 1 aliphatic rings. The first-order chi connectivity index (χ1) is 11.8. The summed E-state index contributed by atoms with van der Waals surface area (Å²) in [4.78, 5) is 20.7. The van der Waals surface area contributed by atoms with Crippen LogP contribution in [0.3, 0.4) is 0 Å². The maximum Gasteiger partial charge on any atom is 0.256 e. The zero-order valence-corrected chi connectivity index (χ0v) is 15.2. The highest BCUT2D eigenvalue weighted by molar-refractivity contribution is 7.09. The lowest BCUT2D eigenvalue weighted by Crippen LogP contribution is -2.49. The Labute approximate surface area is 149 Å². The highest BCUT2D eigenvalue weighted by Gasteiger charge is 2.27. The number of anilines is 1. The molecule has 0 spiro atoms. The maximum atomic E-state index is 13.8. The lowest BCUT2D eigenvalue weighted by atomic mass is 9.96. The number of halogens is 2. The van der Waals surface area contributed by atoms with Crippen LogP contribution < -0.4 is 4.90 Å². The Bertz CT molecular complexity index is 779. The number of rotatable bonds is 2. The number of benzene rings is 1. The van der Waals surface area contributed by atoms with E-state index in [1.54, 1.807) is 4.90 Å². The highest BCUT2D eigenvalue weighted by Crippen LogP contribution is 2.26. The largest absolute Gasteiger partial charge is 0.343 e. The molecule has 2 aromatic rings. The molecule has 0 radical (unpaired) electrons. The summed E-state index contributed by atoms with van der Waals surface area (Å²) in [5.41, 5.74) is -0.201. The average molecular weight is 366 g/mol. The Morgan fingerprint density at radius 1 is 1.16 bits per heavy atom. The molecule has 1 aromatic heterocycles. The van der Waals surface area contributed by atoms with E-state index in [9.17, 15) is 13.6 Å². The van der Waals surface area contributed by atoms with Crippen LogP contribution in [-0.4, -0.2) is 46.3 Å². The quantitative estimate of drug-likeness (QED) is 0.820. The molecule has 3 rings (SSSR count). The third-order valence-corrected chi connectivity index (χ3v) is 4.86. The van der Waals surface area contributed by atoms with Crippen molar-refractivity contribution in [3.63, 3.8) is 0 Å². The minimum absolute atomic E-state index is 0.0965. The molecule has 0 N–H and O–H groups in total. The minimum atomic E-state index is -0.827. The van der Waals surface area contributed by atoms with Crippen molar-refractivity contribution in [2.75, 3.05) is 31.1 Å². The molecule has 0 unspecified atom stereocenters. The van der Waals surface area contributed by atoms with Gasteiger partial charge in [-0.15, -0.1) is 0 Å². The van der Waals surface area contributed by atoms with Crippen molar-refractivity contribution in [3.05, 3.63) is 41.2 Å². The molecule has 25 heavy (non-hydrogen) atoms. The van der Waals surface area contributed by atoms with Crippen LogP contribution in [0.2, 0.25) is 0 Å². The van der Waals surface area contributed by atoms with Crippen LogP contribution in [0.4, 0.5) is 13.9 Å². The fraction of sp³-hybridized carbons (Fsp3) is 0.471. The summed E-state index contributed by atoms with van der Waals surface area (Å²) in [6.45, 7) is 8.31. The van der Waals surface area contributed by atoms with Gasteiger partial charge in [-0.1, -0.05) is 20.8 Å². The van der Waals surface area contributed by atoms with E-state index < -0.39 is 17.5 Å². The summed E-state index contributed by atoms with van der Waals surface area (Å²) in [7, 11) is 0. The Hall–Kier alpha value is -2.09. The minimum Gasteiger partial charge on any atom is -0.343 e. The predicted octanol–water partition coefficient (Wildman–Crippen LogP) is 3.08. The first kappa shape index (κ1) is 17.7. The monoisotopic (exact) mass is 366 g/mol. The van der Waals surface area contributed by atoms with Gasteiger partial charge in [0.1, 0.15) is 17.5 Å². The lowest BCUT2D eigenvalue weighted by Gasteiger charge is -2.34. The Morgan fingerprint density at radius 3 is 2.40 bits per heavy atom. The molecule has 1 aliphatic heterocycles. The van der Waals surface area contributed by atoms with Crippen LogP contribution >= 0.6 is 11.5 Å². The average Bonchev–Trinajstić information content (AvgIpc) is 3.05. The number of aromatic nitrogens is 2. The van der Waals surface area contributed by atoms with Gasteiger partial charge in [0, 0.05) is 49.2 Å². The van der Waals surface area contributed by atoms with Gasteiger partial charge in [0.05, 0.1) is 5.56 Å². The van der Waals surface area contributed by atoms with Crippen molar-refractivity contribution in [3.8, 4) is 0 Å². The van der Waals surface area contributed by atoms with Crippen molar-refractivity contribution >= 4 is 22.6 Å². The van der Waals surface area contributed by atoms with Crippen LogP contribution in [0.25, 0.3) is 0 Å². The second-order valence-corrected chi connectivity index (χ2v) is 7.78. The standard InChI is InChI=1S/C17H20F2N4OS/c1-17(2,3)15-20-16(25-21-15)23-8-6-22(7-9-23)14(24)12-5-4-11(18)10-13(12)19/h4-5,10H,6-9H2,1-3H3. The van der Waals surface area contributed by atoms with Crippen LogP contribution in [0.15, 0.2) is 18.2 Å². The van der Waals surface area contributed by atoms with E-state index in [0.29, 0.717) is 26.2 Å². The van der Waals surface area contributed by atoms with Gasteiger partial charge < -0.3 is 9.80 Å². The highest BCUT2D eigenvalue weighted by atomic mass is 32.1. The zero-order chi connectivity index (χ0) is 18.2. The summed E-state index contributed by atoms with van der Waals surface area (Å²) in [5, 5.41) is 0.838. The first-order valence-corrected chi connectivity index (χ1v) is 8.86. The maximum absolute atomic E-state index is 13.8. The van der Waals surface area contributed by atoms with E-state index in [4.69, 9.17) is 0 Å². The Balaban J connectivity index is 1.65. The summed E-state index contributed by atoms with van der Waals surface area (Å²) in [6, 6.07) is 3.03. The van der Waals surface area contributed by atoms with Gasteiger partial charge in [-0.3, -0.25) is 4.79 Å². The Kier molecular flexibility index (Phi) is 4.73. The van der Waals surface area contributed by atoms with E-state index in [2.05, 4.69) is 35.0 Å². The molecule has 2 heterocycles. The third-order valence-electron chi connectivity index (χ3n) is 4.09. The van der Waals surface area contributed by atoms with Crippen LogP contribution in [0, 0.1) is 11.6 Å². The van der Waals surface area contributed by atoms with E-state index in [-0.39, 0.29) is 11.0 Å². The third kappa shape index (κ3) is 3.78. The molecule has 0 bridgehead atoms. The SMILES string of the molecule is CC(C)(C)c1nsc(N2CCN(C(=O)c3ccc(F)cc3F)CC2)n1. The fourth-order valence-corrected chi connectivity index (χ4v) is 3.49. The van der Waals surface area contributed by atoms with Crippen molar-refractivity contribution < 1.29 is 13.6 Å². The number of amides is 1. The summed E-state index contributed by atoms with van der Waals surface area (Å²) >= 11 is 1.35. The van der Waals surface area contributed by atoms with E-state index >= 15 is 0 Å². The first-order valence-electron chi connectivity index (χ1n) is 8.09. The van der Waals surface area contributed by atoms with Gasteiger partial charge in [0.25, 0.3) is 5.91 Å². The second-order valence-electron chi connectivity index (χ2n) is 7.05. The van der Waals surface area contributed by atoms with Gasteiger partial charge in [-0.2, -0.15) is 4.37 Å². The summed E-state index contributed by atoms with van der Waals surface area (Å²) in [5.74, 6) is -1.12. The number of carbonyl (C=O) groups is 1.